The summed E-state index contributed by atoms with van der Waals surface area (Å²) in [5.41, 5.74) is 0. The molecule has 2 rings (SSSR count). The van der Waals surface area contributed by atoms with E-state index in [1.807, 2.05) is 7.05 Å². The monoisotopic (exact) mass is 244 g/mol. The third-order valence-electron chi connectivity index (χ3n) is 2.82. The van der Waals surface area contributed by atoms with Crippen molar-refractivity contribution < 1.29 is 12.8 Å². The van der Waals surface area contributed by atoms with E-state index in [4.69, 9.17) is 4.42 Å². The number of sulfone groups is 1. The van der Waals surface area contributed by atoms with E-state index in [9.17, 15) is 8.42 Å². The Balaban J connectivity index is 2.03. The van der Waals surface area contributed by atoms with Crippen molar-refractivity contribution >= 4 is 9.84 Å². The Hall–Kier alpha value is -0.880. The third kappa shape index (κ3) is 2.44. The highest BCUT2D eigenvalue weighted by molar-refractivity contribution is 7.92. The molecule has 0 aromatic carbocycles. The molecule has 1 aromatic rings. The SMILES string of the molecule is CNCc1cnc(CC2CCCS2(=O)=O)o1. The van der Waals surface area contributed by atoms with Crippen molar-refractivity contribution in [3.05, 3.63) is 17.8 Å². The molecule has 1 unspecified atom stereocenters. The highest BCUT2D eigenvalue weighted by Crippen LogP contribution is 2.23. The molecule has 0 bridgehead atoms. The van der Waals surface area contributed by atoms with E-state index in [1.165, 1.54) is 0 Å². The van der Waals surface area contributed by atoms with Gasteiger partial charge in [-0.3, -0.25) is 0 Å². The van der Waals surface area contributed by atoms with Crippen molar-refractivity contribution in [2.24, 2.45) is 0 Å². The molecule has 0 spiro atoms. The van der Waals surface area contributed by atoms with E-state index < -0.39 is 9.84 Å². The topological polar surface area (TPSA) is 72.2 Å². The predicted octanol–water partition coefficient (Wildman–Crippen LogP) is 0.514. The molecule has 0 radical (unpaired) electrons. The van der Waals surface area contributed by atoms with E-state index >= 15 is 0 Å². The molecule has 1 aliphatic heterocycles. The maximum atomic E-state index is 11.6. The Kier molecular flexibility index (Phi) is 3.30. The van der Waals surface area contributed by atoms with Gasteiger partial charge in [0.25, 0.3) is 0 Å². The molecule has 1 atom stereocenters. The lowest BCUT2D eigenvalue weighted by atomic mass is 10.2. The lowest BCUT2D eigenvalue weighted by molar-refractivity contribution is 0.439. The molecule has 1 N–H and O–H groups in total. The number of nitrogens with zero attached hydrogens (tertiary/aromatic N) is 1. The van der Waals surface area contributed by atoms with Crippen molar-refractivity contribution in [1.82, 2.24) is 10.3 Å². The zero-order valence-corrected chi connectivity index (χ0v) is 10.1. The van der Waals surface area contributed by atoms with Crippen molar-refractivity contribution in [2.75, 3.05) is 12.8 Å². The van der Waals surface area contributed by atoms with E-state index in [0.717, 1.165) is 18.6 Å². The summed E-state index contributed by atoms with van der Waals surface area (Å²) in [5, 5.41) is 2.66. The van der Waals surface area contributed by atoms with E-state index in [1.54, 1.807) is 6.20 Å². The molecule has 0 amide bonds. The second-order valence-electron chi connectivity index (χ2n) is 4.09. The Labute approximate surface area is 95.2 Å². The Morgan fingerprint density at radius 1 is 1.62 bits per heavy atom. The van der Waals surface area contributed by atoms with Crippen LogP contribution >= 0.6 is 0 Å². The molecular weight excluding hydrogens is 228 g/mol. The lowest BCUT2D eigenvalue weighted by Gasteiger charge is -2.05. The van der Waals surface area contributed by atoms with Crippen LogP contribution < -0.4 is 5.32 Å². The smallest absolute Gasteiger partial charge is 0.195 e. The number of aromatic nitrogens is 1. The molecule has 2 heterocycles. The summed E-state index contributed by atoms with van der Waals surface area (Å²) >= 11 is 0. The summed E-state index contributed by atoms with van der Waals surface area (Å²) in [6.07, 6.45) is 3.54. The summed E-state index contributed by atoms with van der Waals surface area (Å²) in [5.74, 6) is 1.58. The van der Waals surface area contributed by atoms with Crippen molar-refractivity contribution in [3.8, 4) is 0 Å². The van der Waals surface area contributed by atoms with Crippen LogP contribution in [0.3, 0.4) is 0 Å². The van der Waals surface area contributed by atoms with Crippen LogP contribution in [0.5, 0.6) is 0 Å². The van der Waals surface area contributed by atoms with Gasteiger partial charge < -0.3 is 9.73 Å². The molecule has 6 heteroatoms. The van der Waals surface area contributed by atoms with Crippen molar-refractivity contribution in [3.63, 3.8) is 0 Å². The molecule has 1 saturated heterocycles. The first-order valence-electron chi connectivity index (χ1n) is 5.41. The van der Waals surface area contributed by atoms with Crippen LogP contribution in [0.25, 0.3) is 0 Å². The van der Waals surface area contributed by atoms with Crippen LogP contribution in [0, 0.1) is 0 Å². The molecule has 0 aliphatic carbocycles. The number of rotatable bonds is 4. The fourth-order valence-electron chi connectivity index (χ4n) is 1.98. The Morgan fingerprint density at radius 3 is 3.06 bits per heavy atom. The summed E-state index contributed by atoms with van der Waals surface area (Å²) < 4.78 is 28.7. The van der Waals surface area contributed by atoms with E-state index in [2.05, 4.69) is 10.3 Å². The fourth-order valence-corrected chi connectivity index (χ4v) is 3.81. The molecule has 16 heavy (non-hydrogen) atoms. The minimum atomic E-state index is -2.90. The first-order chi connectivity index (χ1) is 7.62. The van der Waals surface area contributed by atoms with Crippen molar-refractivity contribution in [1.29, 1.82) is 0 Å². The van der Waals surface area contributed by atoms with Gasteiger partial charge in [-0.1, -0.05) is 0 Å². The van der Waals surface area contributed by atoms with Gasteiger partial charge in [-0.15, -0.1) is 0 Å². The van der Waals surface area contributed by atoms with Crippen LogP contribution in [0.4, 0.5) is 0 Å². The highest BCUT2D eigenvalue weighted by Gasteiger charge is 2.32. The minimum absolute atomic E-state index is 0.298. The van der Waals surface area contributed by atoms with Gasteiger partial charge in [-0.05, 0) is 19.9 Å². The van der Waals surface area contributed by atoms with Gasteiger partial charge in [0, 0.05) is 6.42 Å². The largest absolute Gasteiger partial charge is 0.444 e. The summed E-state index contributed by atoms with van der Waals surface area (Å²) in [4.78, 5) is 4.09. The molecular formula is C10H16N2O3S. The fraction of sp³-hybridized carbons (Fsp3) is 0.700. The number of hydrogen-bond acceptors (Lipinski definition) is 5. The van der Waals surface area contributed by atoms with Crippen LogP contribution in [0.15, 0.2) is 10.6 Å². The van der Waals surface area contributed by atoms with Gasteiger partial charge in [0.15, 0.2) is 15.7 Å². The molecule has 90 valence electrons. The summed E-state index contributed by atoms with van der Waals surface area (Å²) in [6.45, 7) is 0.615. The summed E-state index contributed by atoms with van der Waals surface area (Å²) in [6, 6.07) is 0. The molecule has 1 fully saturated rings. The average molecular weight is 244 g/mol. The zero-order valence-electron chi connectivity index (χ0n) is 9.27. The maximum Gasteiger partial charge on any atom is 0.195 e. The second kappa shape index (κ2) is 4.55. The van der Waals surface area contributed by atoms with E-state index in [0.29, 0.717) is 24.6 Å². The molecule has 1 aliphatic rings. The summed E-state index contributed by atoms with van der Waals surface area (Å²) in [7, 11) is -1.08. The second-order valence-corrected chi connectivity index (χ2v) is 6.49. The standard InChI is InChI=1S/C10H16N2O3S/c1-11-6-8-7-12-10(15-8)5-9-3-2-4-16(9,13)14/h7,9,11H,2-6H2,1H3. The molecule has 0 saturated carbocycles. The van der Waals surface area contributed by atoms with Crippen molar-refractivity contribution in [2.45, 2.75) is 31.1 Å². The quantitative estimate of drug-likeness (QED) is 0.835. The van der Waals surface area contributed by atoms with Gasteiger partial charge in [-0.25, -0.2) is 13.4 Å². The van der Waals surface area contributed by atoms with Gasteiger partial charge in [-0.2, -0.15) is 0 Å². The van der Waals surface area contributed by atoms with Crippen LogP contribution in [-0.2, 0) is 22.8 Å². The van der Waals surface area contributed by atoms with Gasteiger partial charge >= 0.3 is 0 Å². The van der Waals surface area contributed by atoms with Crippen LogP contribution in [0.2, 0.25) is 0 Å². The van der Waals surface area contributed by atoms with Gasteiger partial charge in [0.2, 0.25) is 0 Å². The Morgan fingerprint density at radius 2 is 2.44 bits per heavy atom. The number of hydrogen-bond donors (Lipinski definition) is 1. The van der Waals surface area contributed by atoms with Crippen LogP contribution in [-0.4, -0.2) is 31.5 Å². The lowest BCUT2D eigenvalue weighted by Crippen LogP contribution is -2.18. The van der Waals surface area contributed by atoms with Gasteiger partial charge in [0.05, 0.1) is 23.7 Å². The Bertz CT molecular complexity index is 452. The van der Waals surface area contributed by atoms with Gasteiger partial charge in [0.1, 0.15) is 5.76 Å². The first kappa shape index (κ1) is 11.6. The normalized spacial score (nSPS) is 23.7. The van der Waals surface area contributed by atoms with E-state index in [-0.39, 0.29) is 5.25 Å². The third-order valence-corrected chi connectivity index (χ3v) is 5.09. The average Bonchev–Trinajstić information content (AvgIpc) is 2.76. The highest BCUT2D eigenvalue weighted by atomic mass is 32.2. The number of nitrogens with one attached hydrogen (secondary N) is 1. The minimum Gasteiger partial charge on any atom is -0.444 e. The first-order valence-corrected chi connectivity index (χ1v) is 7.13. The van der Waals surface area contributed by atoms with Crippen LogP contribution in [0.1, 0.15) is 24.5 Å². The zero-order chi connectivity index (χ0) is 11.6. The predicted molar refractivity (Wildman–Crippen MR) is 59.8 cm³/mol. The molecule has 1 aromatic heterocycles. The number of oxazole rings is 1. The maximum absolute atomic E-state index is 11.6. The molecule has 5 nitrogen and oxygen atoms in total.